The Morgan fingerprint density at radius 1 is 1.25 bits per heavy atom. The highest BCUT2D eigenvalue weighted by molar-refractivity contribution is 6.03. The topological polar surface area (TPSA) is 95.4 Å². The van der Waals surface area contributed by atoms with Crippen molar-refractivity contribution in [3.05, 3.63) is 46.8 Å². The molecule has 2 N–H and O–H groups in total. The van der Waals surface area contributed by atoms with Crippen LogP contribution in [0.5, 0.6) is 0 Å². The van der Waals surface area contributed by atoms with Crippen LogP contribution < -0.4 is 10.2 Å². The molecule has 0 radical (unpaired) electrons. The number of carboxylic acids is 1. The van der Waals surface area contributed by atoms with Gasteiger partial charge in [0.05, 0.1) is 5.56 Å². The summed E-state index contributed by atoms with van der Waals surface area (Å²) in [6, 6.07) is 6.72. The van der Waals surface area contributed by atoms with E-state index < -0.39 is 5.97 Å². The lowest BCUT2D eigenvalue weighted by molar-refractivity contribution is 0.0696. The highest BCUT2D eigenvalue weighted by atomic mass is 16.4. The number of amides is 1. The quantitative estimate of drug-likeness (QED) is 0.755. The third-order valence-electron chi connectivity index (χ3n) is 4.90. The summed E-state index contributed by atoms with van der Waals surface area (Å²) in [6.07, 6.45) is 2.17. The van der Waals surface area contributed by atoms with Gasteiger partial charge in [0.2, 0.25) is 5.95 Å². The van der Waals surface area contributed by atoms with E-state index in [1.807, 2.05) is 6.92 Å². The van der Waals surface area contributed by atoms with Crippen molar-refractivity contribution in [1.82, 2.24) is 9.97 Å². The molecule has 0 atom stereocenters. The molecular weight excluding hydrogens is 356 g/mol. The van der Waals surface area contributed by atoms with E-state index in [0.717, 1.165) is 25.1 Å². The summed E-state index contributed by atoms with van der Waals surface area (Å²) in [5.41, 5.74) is 2.58. The second kappa shape index (κ2) is 7.96. The Hall–Kier alpha value is -2.96. The molecule has 1 aromatic carbocycles. The molecule has 28 heavy (non-hydrogen) atoms. The molecule has 7 heteroatoms. The number of benzene rings is 1. The standard InChI is InChI=1S/C21H26N4O3/c1-5-25(12(2)3)21-23-17(14-6-7-14)11-18(24-21)19(26)22-15-8-9-16(20(27)28)13(4)10-15/h8-12,14H,5-7H2,1-4H3,(H,22,26)(H,27,28). The van der Waals surface area contributed by atoms with Gasteiger partial charge in [-0.15, -0.1) is 0 Å². The fourth-order valence-corrected chi connectivity index (χ4v) is 3.20. The minimum Gasteiger partial charge on any atom is -0.478 e. The summed E-state index contributed by atoms with van der Waals surface area (Å²) in [6.45, 7) is 8.64. The minimum absolute atomic E-state index is 0.217. The van der Waals surface area contributed by atoms with Crippen LogP contribution in [0.25, 0.3) is 0 Å². The van der Waals surface area contributed by atoms with Gasteiger partial charge in [0, 0.05) is 29.9 Å². The first-order valence-electron chi connectivity index (χ1n) is 9.61. The molecule has 2 aromatic rings. The molecule has 1 aliphatic carbocycles. The van der Waals surface area contributed by atoms with Crippen molar-refractivity contribution in [3.63, 3.8) is 0 Å². The van der Waals surface area contributed by atoms with Gasteiger partial charge in [-0.2, -0.15) is 0 Å². The number of rotatable bonds is 7. The van der Waals surface area contributed by atoms with Gasteiger partial charge in [-0.05, 0) is 70.4 Å². The average Bonchev–Trinajstić information content (AvgIpc) is 3.46. The number of aryl methyl sites for hydroxylation is 1. The van der Waals surface area contributed by atoms with Gasteiger partial charge < -0.3 is 15.3 Å². The van der Waals surface area contributed by atoms with Crippen LogP contribution in [0.15, 0.2) is 24.3 Å². The van der Waals surface area contributed by atoms with E-state index in [2.05, 4.69) is 29.0 Å². The van der Waals surface area contributed by atoms with E-state index in [9.17, 15) is 9.59 Å². The van der Waals surface area contributed by atoms with Crippen LogP contribution in [0.2, 0.25) is 0 Å². The Kier molecular flexibility index (Phi) is 5.63. The first-order chi connectivity index (χ1) is 13.3. The maximum Gasteiger partial charge on any atom is 0.335 e. The van der Waals surface area contributed by atoms with Gasteiger partial charge in [-0.25, -0.2) is 14.8 Å². The zero-order valence-corrected chi connectivity index (χ0v) is 16.7. The fraction of sp³-hybridized carbons (Fsp3) is 0.429. The van der Waals surface area contributed by atoms with Crippen LogP contribution in [0.1, 0.15) is 71.6 Å². The van der Waals surface area contributed by atoms with E-state index in [1.165, 1.54) is 6.07 Å². The summed E-state index contributed by atoms with van der Waals surface area (Å²) in [5.74, 6) is -0.341. The van der Waals surface area contributed by atoms with E-state index in [0.29, 0.717) is 28.8 Å². The zero-order chi connectivity index (χ0) is 20.4. The van der Waals surface area contributed by atoms with Crippen molar-refractivity contribution in [2.24, 2.45) is 0 Å². The highest BCUT2D eigenvalue weighted by Gasteiger charge is 2.28. The van der Waals surface area contributed by atoms with Gasteiger partial charge in [-0.1, -0.05) is 0 Å². The summed E-state index contributed by atoms with van der Waals surface area (Å²) >= 11 is 0. The molecule has 1 aromatic heterocycles. The van der Waals surface area contributed by atoms with Gasteiger partial charge >= 0.3 is 5.97 Å². The van der Waals surface area contributed by atoms with Crippen LogP contribution in [-0.2, 0) is 0 Å². The second-order valence-electron chi connectivity index (χ2n) is 7.42. The minimum atomic E-state index is -0.988. The predicted octanol–water partition coefficient (Wildman–Crippen LogP) is 3.85. The summed E-state index contributed by atoms with van der Waals surface area (Å²) in [5, 5.41) is 12.0. The fourth-order valence-electron chi connectivity index (χ4n) is 3.20. The molecule has 1 amide bonds. The van der Waals surface area contributed by atoms with Crippen molar-refractivity contribution in [2.45, 2.75) is 52.5 Å². The van der Waals surface area contributed by atoms with Crippen molar-refractivity contribution < 1.29 is 14.7 Å². The third-order valence-corrected chi connectivity index (χ3v) is 4.90. The maximum absolute atomic E-state index is 12.8. The molecule has 7 nitrogen and oxygen atoms in total. The molecule has 1 heterocycles. The van der Waals surface area contributed by atoms with Crippen molar-refractivity contribution in [2.75, 3.05) is 16.8 Å². The summed E-state index contributed by atoms with van der Waals surface area (Å²) in [7, 11) is 0. The third kappa shape index (κ3) is 4.30. The largest absolute Gasteiger partial charge is 0.478 e. The number of carboxylic acid groups (broad SMARTS) is 1. The normalized spacial score (nSPS) is 13.5. The molecule has 0 bridgehead atoms. The van der Waals surface area contributed by atoms with Crippen LogP contribution in [0.4, 0.5) is 11.6 Å². The number of nitrogens with one attached hydrogen (secondary N) is 1. The first kappa shape index (κ1) is 19.8. The van der Waals surface area contributed by atoms with Gasteiger partial charge in [-0.3, -0.25) is 4.79 Å². The Bertz CT molecular complexity index is 907. The molecule has 0 saturated heterocycles. The number of carbonyl (C=O) groups is 2. The van der Waals surface area contributed by atoms with Crippen LogP contribution in [-0.4, -0.2) is 39.5 Å². The molecule has 3 rings (SSSR count). The number of hydrogen-bond donors (Lipinski definition) is 2. The molecule has 148 valence electrons. The van der Waals surface area contributed by atoms with Crippen LogP contribution in [0.3, 0.4) is 0 Å². The predicted molar refractivity (Wildman–Crippen MR) is 108 cm³/mol. The SMILES string of the molecule is CCN(c1nc(C(=O)Nc2ccc(C(=O)O)c(C)c2)cc(C2CC2)n1)C(C)C. The van der Waals surface area contributed by atoms with E-state index >= 15 is 0 Å². The lowest BCUT2D eigenvalue weighted by Crippen LogP contribution is -2.33. The highest BCUT2D eigenvalue weighted by Crippen LogP contribution is 2.39. The molecule has 0 spiro atoms. The number of aromatic nitrogens is 2. The monoisotopic (exact) mass is 382 g/mol. The average molecular weight is 382 g/mol. The van der Waals surface area contributed by atoms with Crippen molar-refractivity contribution >= 4 is 23.5 Å². The number of aromatic carboxylic acids is 1. The lowest BCUT2D eigenvalue weighted by Gasteiger charge is -2.25. The Morgan fingerprint density at radius 2 is 1.96 bits per heavy atom. The Balaban J connectivity index is 1.89. The Labute approximate surface area is 164 Å². The number of nitrogens with zero attached hydrogens (tertiary/aromatic N) is 3. The lowest BCUT2D eigenvalue weighted by atomic mass is 10.1. The molecule has 1 saturated carbocycles. The van der Waals surface area contributed by atoms with Gasteiger partial charge in [0.1, 0.15) is 5.69 Å². The maximum atomic E-state index is 12.8. The first-order valence-corrected chi connectivity index (χ1v) is 9.61. The van der Waals surface area contributed by atoms with E-state index in [-0.39, 0.29) is 17.5 Å². The van der Waals surface area contributed by atoms with Gasteiger partial charge in [0.15, 0.2) is 0 Å². The number of hydrogen-bond acceptors (Lipinski definition) is 5. The van der Waals surface area contributed by atoms with Gasteiger partial charge in [0.25, 0.3) is 5.91 Å². The van der Waals surface area contributed by atoms with E-state index in [1.54, 1.807) is 25.1 Å². The molecule has 0 unspecified atom stereocenters. The van der Waals surface area contributed by atoms with Crippen LogP contribution >= 0.6 is 0 Å². The molecular formula is C21H26N4O3. The second-order valence-corrected chi connectivity index (χ2v) is 7.42. The van der Waals surface area contributed by atoms with E-state index in [4.69, 9.17) is 10.1 Å². The Morgan fingerprint density at radius 3 is 2.50 bits per heavy atom. The summed E-state index contributed by atoms with van der Waals surface area (Å²) in [4.78, 5) is 35.3. The smallest absolute Gasteiger partial charge is 0.335 e. The molecule has 1 fully saturated rings. The number of carbonyl (C=O) groups excluding carboxylic acids is 1. The van der Waals surface area contributed by atoms with Crippen molar-refractivity contribution in [1.29, 1.82) is 0 Å². The molecule has 0 aliphatic heterocycles. The summed E-state index contributed by atoms with van der Waals surface area (Å²) < 4.78 is 0. The van der Waals surface area contributed by atoms with Crippen LogP contribution in [0, 0.1) is 6.92 Å². The zero-order valence-electron chi connectivity index (χ0n) is 16.7. The molecule has 1 aliphatic rings. The van der Waals surface area contributed by atoms with Crippen molar-refractivity contribution in [3.8, 4) is 0 Å². The number of anilines is 2.